The lowest BCUT2D eigenvalue weighted by Gasteiger charge is -2.23. The highest BCUT2D eigenvalue weighted by Crippen LogP contribution is 2.04. The van der Waals surface area contributed by atoms with E-state index in [0.717, 1.165) is 0 Å². The summed E-state index contributed by atoms with van der Waals surface area (Å²) < 4.78 is 0. The fraction of sp³-hybridized carbons (Fsp3) is 0.667. The Bertz CT molecular complexity index is 731. The van der Waals surface area contributed by atoms with E-state index in [1.807, 2.05) is 11.6 Å². The van der Waals surface area contributed by atoms with Gasteiger partial charge < -0.3 is 43.4 Å². The first-order valence-corrected chi connectivity index (χ1v) is 11.4. The summed E-state index contributed by atoms with van der Waals surface area (Å²) in [6.45, 7) is 1.49. The minimum absolute atomic E-state index is 0.126. The highest BCUT2D eigenvalue weighted by Gasteiger charge is 2.29. The summed E-state index contributed by atoms with van der Waals surface area (Å²) in [7, 11) is 0. The average molecular weight is 492 g/mol. The van der Waals surface area contributed by atoms with E-state index in [4.69, 9.17) is 27.4 Å². The van der Waals surface area contributed by atoms with Crippen LogP contribution in [0.3, 0.4) is 0 Å². The summed E-state index contributed by atoms with van der Waals surface area (Å²) >= 11 is 1.51. The number of nitrogens with one attached hydrogen (secondary N) is 3. The number of nitrogens with two attached hydrogens (primary N) is 3. The first-order valence-electron chi connectivity index (χ1n) is 10.0. The third-order valence-electron chi connectivity index (χ3n) is 4.29. The maximum Gasteiger partial charge on any atom is 0.326 e. The number of carbonyl (C=O) groups excluding carboxylic acids is 3. The van der Waals surface area contributed by atoms with Crippen molar-refractivity contribution in [3.05, 3.63) is 0 Å². The summed E-state index contributed by atoms with van der Waals surface area (Å²) in [6, 6.07) is -4.77. The van der Waals surface area contributed by atoms with E-state index in [1.165, 1.54) is 18.7 Å². The SMILES string of the molecule is CSCCC(N)C(=O)NC(CCCN=C(N)N)C(=O)NC(C)C(=O)NC(CC(=O)O)C(=O)O. The Morgan fingerprint density at radius 3 is 2.06 bits per heavy atom. The van der Waals surface area contributed by atoms with Gasteiger partial charge >= 0.3 is 11.9 Å². The highest BCUT2D eigenvalue weighted by molar-refractivity contribution is 7.98. The number of rotatable bonds is 16. The van der Waals surface area contributed by atoms with Crippen LogP contribution in [-0.2, 0) is 24.0 Å². The molecule has 0 heterocycles. The number of carboxylic acid groups (broad SMARTS) is 2. The number of aliphatic carboxylic acids is 2. The lowest BCUT2D eigenvalue weighted by atomic mass is 10.1. The van der Waals surface area contributed by atoms with Crippen molar-refractivity contribution in [3.8, 4) is 0 Å². The number of aliphatic imine (C=N–C) groups is 1. The topological polar surface area (TPSA) is 252 Å². The zero-order valence-electron chi connectivity index (χ0n) is 18.6. The van der Waals surface area contributed by atoms with Crippen molar-refractivity contribution in [2.75, 3.05) is 18.6 Å². The van der Waals surface area contributed by atoms with E-state index in [9.17, 15) is 24.0 Å². The van der Waals surface area contributed by atoms with Gasteiger partial charge in [0.2, 0.25) is 17.7 Å². The maximum atomic E-state index is 12.7. The number of carbonyl (C=O) groups is 5. The summed E-state index contributed by atoms with van der Waals surface area (Å²) in [5.41, 5.74) is 16.4. The Kier molecular flexibility index (Phi) is 14.2. The van der Waals surface area contributed by atoms with Crippen LogP contribution in [0.15, 0.2) is 4.99 Å². The van der Waals surface area contributed by atoms with Gasteiger partial charge in [-0.05, 0) is 38.2 Å². The fourth-order valence-corrected chi connectivity index (χ4v) is 2.97. The molecule has 0 aromatic carbocycles. The minimum atomic E-state index is -1.67. The molecule has 0 aliphatic carbocycles. The quantitative estimate of drug-likeness (QED) is 0.0619. The monoisotopic (exact) mass is 491 g/mol. The number of guanidine groups is 1. The van der Waals surface area contributed by atoms with Crippen molar-refractivity contribution in [1.82, 2.24) is 16.0 Å². The van der Waals surface area contributed by atoms with Crippen LogP contribution in [-0.4, -0.2) is 88.6 Å². The number of hydrogen-bond acceptors (Lipinski definition) is 8. The first kappa shape index (κ1) is 29.9. The summed E-state index contributed by atoms with van der Waals surface area (Å²) in [5.74, 6) is -4.59. The molecule has 11 N–H and O–H groups in total. The Hall–Kier alpha value is -3.07. The first-order chi connectivity index (χ1) is 15.4. The van der Waals surface area contributed by atoms with Gasteiger partial charge in [0.15, 0.2) is 5.96 Å². The molecule has 15 heteroatoms. The number of thioether (sulfide) groups is 1. The molecular formula is C18H33N7O7S. The minimum Gasteiger partial charge on any atom is -0.481 e. The Morgan fingerprint density at radius 1 is 0.939 bits per heavy atom. The van der Waals surface area contributed by atoms with Crippen molar-refractivity contribution in [2.24, 2.45) is 22.2 Å². The molecule has 0 rings (SSSR count). The zero-order valence-corrected chi connectivity index (χ0v) is 19.4. The normalized spacial score (nSPS) is 14.2. The zero-order chi connectivity index (χ0) is 25.6. The highest BCUT2D eigenvalue weighted by atomic mass is 32.2. The molecule has 14 nitrogen and oxygen atoms in total. The molecule has 3 amide bonds. The molecule has 0 aliphatic heterocycles. The second-order valence-electron chi connectivity index (χ2n) is 7.13. The van der Waals surface area contributed by atoms with Gasteiger partial charge in [-0.1, -0.05) is 0 Å². The number of amides is 3. The molecule has 0 aromatic rings. The van der Waals surface area contributed by atoms with E-state index in [2.05, 4.69) is 15.6 Å². The molecule has 0 bridgehead atoms. The number of carboxylic acids is 2. The van der Waals surface area contributed by atoms with Crippen LogP contribution < -0.4 is 33.2 Å². The molecule has 33 heavy (non-hydrogen) atoms. The molecule has 0 aliphatic rings. The molecule has 0 saturated heterocycles. The molecule has 0 fully saturated rings. The standard InChI is InChI=1S/C18H33N7O7S/c1-9(14(28)25-12(17(31)32)8-13(26)27)23-16(30)11(4-3-6-22-18(20)21)24-15(29)10(19)5-7-33-2/h9-12H,3-8,19H2,1-2H3,(H,23,30)(H,24,29)(H,25,28)(H,26,27)(H,31,32)(H4,20,21,22). The third kappa shape index (κ3) is 13.2. The molecule has 4 atom stereocenters. The van der Waals surface area contributed by atoms with E-state index < -0.39 is 60.2 Å². The maximum absolute atomic E-state index is 12.7. The van der Waals surface area contributed by atoms with Crippen LogP contribution >= 0.6 is 11.8 Å². The summed E-state index contributed by atoms with van der Waals surface area (Å²) in [6.07, 6.45) is 1.89. The van der Waals surface area contributed by atoms with Crippen LogP contribution in [0.1, 0.15) is 32.6 Å². The van der Waals surface area contributed by atoms with Crippen LogP contribution in [0.2, 0.25) is 0 Å². The largest absolute Gasteiger partial charge is 0.481 e. The lowest BCUT2D eigenvalue weighted by Crippen LogP contribution is -2.56. The van der Waals surface area contributed by atoms with E-state index in [-0.39, 0.29) is 18.9 Å². The smallest absolute Gasteiger partial charge is 0.326 e. The van der Waals surface area contributed by atoms with Gasteiger partial charge in [0.05, 0.1) is 12.5 Å². The Labute approximate surface area is 195 Å². The predicted octanol–water partition coefficient (Wildman–Crippen LogP) is -2.85. The number of hydrogen-bond donors (Lipinski definition) is 8. The van der Waals surface area contributed by atoms with Gasteiger partial charge in [0.1, 0.15) is 18.1 Å². The second-order valence-corrected chi connectivity index (χ2v) is 8.11. The van der Waals surface area contributed by atoms with Crippen molar-refractivity contribution in [2.45, 2.75) is 56.8 Å². The number of nitrogens with zero attached hydrogens (tertiary/aromatic N) is 1. The fourth-order valence-electron chi connectivity index (χ4n) is 2.48. The molecule has 0 saturated carbocycles. The molecule has 0 radical (unpaired) electrons. The molecule has 188 valence electrons. The average Bonchev–Trinajstić information content (AvgIpc) is 2.72. The van der Waals surface area contributed by atoms with Gasteiger partial charge in [-0.2, -0.15) is 11.8 Å². The van der Waals surface area contributed by atoms with Crippen LogP contribution in [0, 0.1) is 0 Å². The third-order valence-corrected chi connectivity index (χ3v) is 4.94. The molecule has 0 spiro atoms. The van der Waals surface area contributed by atoms with Gasteiger partial charge in [-0.25, -0.2) is 4.79 Å². The van der Waals surface area contributed by atoms with E-state index >= 15 is 0 Å². The molecule has 0 aromatic heterocycles. The molecular weight excluding hydrogens is 458 g/mol. The predicted molar refractivity (Wildman–Crippen MR) is 122 cm³/mol. The Balaban J connectivity index is 5.17. The summed E-state index contributed by atoms with van der Waals surface area (Å²) in [4.78, 5) is 63.0. The molecule has 4 unspecified atom stereocenters. The van der Waals surface area contributed by atoms with E-state index in [1.54, 1.807) is 0 Å². The summed E-state index contributed by atoms with van der Waals surface area (Å²) in [5, 5.41) is 24.8. The van der Waals surface area contributed by atoms with E-state index in [0.29, 0.717) is 18.6 Å². The second kappa shape index (κ2) is 15.7. The van der Waals surface area contributed by atoms with Crippen molar-refractivity contribution in [1.29, 1.82) is 0 Å². The van der Waals surface area contributed by atoms with Gasteiger partial charge in [-0.3, -0.25) is 24.2 Å². The van der Waals surface area contributed by atoms with Gasteiger partial charge in [0, 0.05) is 6.54 Å². The Morgan fingerprint density at radius 2 is 1.55 bits per heavy atom. The van der Waals surface area contributed by atoms with Gasteiger partial charge in [0.25, 0.3) is 0 Å². The van der Waals surface area contributed by atoms with Crippen molar-refractivity contribution >= 4 is 47.4 Å². The van der Waals surface area contributed by atoms with Crippen molar-refractivity contribution < 1.29 is 34.2 Å². The van der Waals surface area contributed by atoms with Crippen LogP contribution in [0.5, 0.6) is 0 Å². The van der Waals surface area contributed by atoms with Crippen LogP contribution in [0.25, 0.3) is 0 Å². The lowest BCUT2D eigenvalue weighted by molar-refractivity contribution is -0.147. The van der Waals surface area contributed by atoms with Gasteiger partial charge in [-0.15, -0.1) is 0 Å². The van der Waals surface area contributed by atoms with Crippen LogP contribution in [0.4, 0.5) is 0 Å². The van der Waals surface area contributed by atoms with Crippen molar-refractivity contribution in [3.63, 3.8) is 0 Å².